The van der Waals surface area contributed by atoms with Crippen LogP contribution in [0.1, 0.15) is 19.3 Å². The lowest BCUT2D eigenvalue weighted by Crippen LogP contribution is -2.23. The fourth-order valence-electron chi connectivity index (χ4n) is 2.28. The Hall–Kier alpha value is -1.06. The van der Waals surface area contributed by atoms with E-state index in [1.165, 1.54) is 11.3 Å². The highest BCUT2D eigenvalue weighted by atomic mass is 16.5. The number of nitrogens with one attached hydrogen (secondary N) is 1. The lowest BCUT2D eigenvalue weighted by Gasteiger charge is -2.19. The number of fused-ring (bicyclic) bond motifs is 1. The van der Waals surface area contributed by atoms with Crippen molar-refractivity contribution in [3.8, 4) is 0 Å². The predicted octanol–water partition coefficient (Wildman–Crippen LogP) is 1.69. The van der Waals surface area contributed by atoms with Crippen molar-refractivity contribution in [1.82, 2.24) is 5.32 Å². The van der Waals surface area contributed by atoms with Gasteiger partial charge in [-0.2, -0.15) is 0 Å². The second kappa shape index (κ2) is 5.32. The number of allylic oxidation sites excluding steroid dienone is 4. The molecule has 3 heteroatoms. The summed E-state index contributed by atoms with van der Waals surface area (Å²) >= 11 is 0. The van der Waals surface area contributed by atoms with Gasteiger partial charge in [0, 0.05) is 37.6 Å². The minimum atomic E-state index is 0.207. The van der Waals surface area contributed by atoms with Crippen molar-refractivity contribution in [1.29, 1.82) is 0 Å². The standard InChI is InChI=1S/C13H20N2O/c1-16-7-6-11(14)8-10-9-15-13-5-3-2-4-12(10)13/h2-3,5,9,11-12,15H,4,6-8,14H2,1H3. The quantitative estimate of drug-likeness (QED) is 0.741. The molecule has 3 N–H and O–H groups in total. The van der Waals surface area contributed by atoms with Crippen LogP contribution in [-0.2, 0) is 4.74 Å². The van der Waals surface area contributed by atoms with Crippen molar-refractivity contribution in [2.75, 3.05) is 13.7 Å². The van der Waals surface area contributed by atoms with Gasteiger partial charge in [-0.15, -0.1) is 0 Å². The van der Waals surface area contributed by atoms with Crippen molar-refractivity contribution in [2.24, 2.45) is 11.7 Å². The summed E-state index contributed by atoms with van der Waals surface area (Å²) in [6, 6.07) is 0.207. The molecule has 2 unspecified atom stereocenters. The second-order valence-electron chi connectivity index (χ2n) is 4.45. The molecule has 0 aromatic carbocycles. The first kappa shape index (κ1) is 11.4. The Morgan fingerprint density at radius 2 is 2.50 bits per heavy atom. The molecule has 0 spiro atoms. The second-order valence-corrected chi connectivity index (χ2v) is 4.45. The van der Waals surface area contributed by atoms with Gasteiger partial charge < -0.3 is 15.8 Å². The van der Waals surface area contributed by atoms with E-state index in [-0.39, 0.29) is 6.04 Å². The number of rotatable bonds is 5. The fraction of sp³-hybridized carbons (Fsp3) is 0.538. The number of methoxy groups -OCH3 is 1. The average Bonchev–Trinajstić information content (AvgIpc) is 2.70. The molecule has 3 nitrogen and oxygen atoms in total. The Morgan fingerprint density at radius 3 is 3.31 bits per heavy atom. The summed E-state index contributed by atoms with van der Waals surface area (Å²) in [4.78, 5) is 0. The lowest BCUT2D eigenvalue weighted by atomic mass is 9.88. The maximum Gasteiger partial charge on any atom is 0.0477 e. The average molecular weight is 220 g/mol. The highest BCUT2D eigenvalue weighted by Gasteiger charge is 2.25. The zero-order chi connectivity index (χ0) is 11.4. The molecule has 2 atom stereocenters. The Labute approximate surface area is 97.0 Å². The summed E-state index contributed by atoms with van der Waals surface area (Å²) in [7, 11) is 1.72. The van der Waals surface area contributed by atoms with Gasteiger partial charge in [-0.3, -0.25) is 0 Å². The van der Waals surface area contributed by atoms with Crippen molar-refractivity contribution in [3.05, 3.63) is 35.7 Å². The normalized spacial score (nSPS) is 24.5. The highest BCUT2D eigenvalue weighted by Crippen LogP contribution is 2.33. The summed E-state index contributed by atoms with van der Waals surface area (Å²) in [5.74, 6) is 0.540. The first-order valence-electron chi connectivity index (χ1n) is 5.88. The third-order valence-corrected chi connectivity index (χ3v) is 3.22. The summed E-state index contributed by atoms with van der Waals surface area (Å²) in [5.41, 5.74) is 8.82. The van der Waals surface area contributed by atoms with Crippen LogP contribution in [0.5, 0.6) is 0 Å². The van der Waals surface area contributed by atoms with Crippen molar-refractivity contribution >= 4 is 0 Å². The van der Waals surface area contributed by atoms with Gasteiger partial charge in [0.2, 0.25) is 0 Å². The number of nitrogens with two attached hydrogens (primary N) is 1. The van der Waals surface area contributed by atoms with E-state index < -0.39 is 0 Å². The van der Waals surface area contributed by atoms with Crippen molar-refractivity contribution in [3.63, 3.8) is 0 Å². The third kappa shape index (κ3) is 2.54. The zero-order valence-corrected chi connectivity index (χ0v) is 9.78. The van der Waals surface area contributed by atoms with Crippen LogP contribution in [0, 0.1) is 5.92 Å². The number of hydrogen-bond donors (Lipinski definition) is 2. The highest BCUT2D eigenvalue weighted by molar-refractivity contribution is 5.34. The molecule has 1 aliphatic carbocycles. The van der Waals surface area contributed by atoms with E-state index in [2.05, 4.69) is 29.7 Å². The van der Waals surface area contributed by atoms with Gasteiger partial charge in [-0.05, 0) is 30.9 Å². The molecular formula is C13H20N2O. The fourth-order valence-corrected chi connectivity index (χ4v) is 2.28. The monoisotopic (exact) mass is 220 g/mol. The molecule has 0 radical (unpaired) electrons. The number of ether oxygens (including phenoxy) is 1. The Bertz CT molecular complexity index is 331. The smallest absolute Gasteiger partial charge is 0.0477 e. The van der Waals surface area contributed by atoms with Crippen LogP contribution in [0.4, 0.5) is 0 Å². The first-order chi connectivity index (χ1) is 7.81. The van der Waals surface area contributed by atoms with Crippen LogP contribution in [-0.4, -0.2) is 19.8 Å². The van der Waals surface area contributed by atoms with E-state index >= 15 is 0 Å². The molecule has 0 saturated carbocycles. The topological polar surface area (TPSA) is 47.3 Å². The summed E-state index contributed by atoms with van der Waals surface area (Å²) in [6.45, 7) is 0.745. The zero-order valence-electron chi connectivity index (χ0n) is 9.78. The van der Waals surface area contributed by atoms with Crippen LogP contribution in [0.15, 0.2) is 35.7 Å². The minimum Gasteiger partial charge on any atom is -0.385 e. The molecule has 0 bridgehead atoms. The molecule has 16 heavy (non-hydrogen) atoms. The SMILES string of the molecule is COCCC(N)CC1=CNC2=CC=CCC12. The molecule has 1 heterocycles. The lowest BCUT2D eigenvalue weighted by molar-refractivity contribution is 0.187. The van der Waals surface area contributed by atoms with Gasteiger partial charge in [-0.1, -0.05) is 12.2 Å². The van der Waals surface area contributed by atoms with E-state index in [0.717, 1.165) is 25.9 Å². The van der Waals surface area contributed by atoms with Crippen LogP contribution >= 0.6 is 0 Å². The molecule has 0 aromatic heterocycles. The predicted molar refractivity (Wildman–Crippen MR) is 65.6 cm³/mol. The van der Waals surface area contributed by atoms with Gasteiger partial charge in [-0.25, -0.2) is 0 Å². The molecule has 1 aliphatic heterocycles. The molecular weight excluding hydrogens is 200 g/mol. The largest absolute Gasteiger partial charge is 0.385 e. The maximum atomic E-state index is 6.08. The molecule has 0 amide bonds. The molecule has 2 aliphatic rings. The molecule has 0 fully saturated rings. The van der Waals surface area contributed by atoms with Gasteiger partial charge in [0.25, 0.3) is 0 Å². The van der Waals surface area contributed by atoms with Gasteiger partial charge in [0.1, 0.15) is 0 Å². The Kier molecular flexibility index (Phi) is 3.80. The van der Waals surface area contributed by atoms with E-state index in [1.54, 1.807) is 7.11 Å². The first-order valence-corrected chi connectivity index (χ1v) is 5.88. The van der Waals surface area contributed by atoms with Crippen LogP contribution in [0.2, 0.25) is 0 Å². The summed E-state index contributed by atoms with van der Waals surface area (Å²) in [5, 5.41) is 3.33. The minimum absolute atomic E-state index is 0.207. The molecule has 88 valence electrons. The van der Waals surface area contributed by atoms with Gasteiger partial charge in [0.15, 0.2) is 0 Å². The summed E-state index contributed by atoms with van der Waals surface area (Å²) in [6.07, 6.45) is 11.6. The molecule has 0 aromatic rings. The van der Waals surface area contributed by atoms with Crippen LogP contribution < -0.4 is 11.1 Å². The van der Waals surface area contributed by atoms with Crippen molar-refractivity contribution in [2.45, 2.75) is 25.3 Å². The Morgan fingerprint density at radius 1 is 1.62 bits per heavy atom. The van der Waals surface area contributed by atoms with Gasteiger partial charge >= 0.3 is 0 Å². The van der Waals surface area contributed by atoms with Gasteiger partial charge in [0.05, 0.1) is 0 Å². The number of hydrogen-bond acceptors (Lipinski definition) is 3. The van der Waals surface area contributed by atoms with E-state index in [0.29, 0.717) is 5.92 Å². The van der Waals surface area contributed by atoms with Crippen molar-refractivity contribution < 1.29 is 4.74 Å². The maximum absolute atomic E-state index is 6.08. The van der Waals surface area contributed by atoms with Crippen LogP contribution in [0.3, 0.4) is 0 Å². The third-order valence-electron chi connectivity index (χ3n) is 3.22. The summed E-state index contributed by atoms with van der Waals surface area (Å²) < 4.78 is 5.05. The molecule has 0 saturated heterocycles. The Balaban J connectivity index is 1.87. The van der Waals surface area contributed by atoms with E-state index in [4.69, 9.17) is 10.5 Å². The van der Waals surface area contributed by atoms with E-state index in [9.17, 15) is 0 Å². The van der Waals surface area contributed by atoms with E-state index in [1.807, 2.05) is 0 Å². The van der Waals surface area contributed by atoms with Crippen LogP contribution in [0.25, 0.3) is 0 Å². The molecule has 2 rings (SSSR count).